The van der Waals surface area contributed by atoms with Gasteiger partial charge in [-0.2, -0.15) is 0 Å². The fraction of sp³-hybridized carbons (Fsp3) is 0.773. The minimum absolute atomic E-state index is 0.0892. The van der Waals surface area contributed by atoms with Gasteiger partial charge in [0.15, 0.2) is 0 Å². The van der Waals surface area contributed by atoms with E-state index in [1.54, 1.807) is 6.92 Å². The lowest BCUT2D eigenvalue weighted by Crippen LogP contribution is -2.59. The Bertz CT molecular complexity index is 703. The molecule has 4 amide bonds. The molecule has 0 aliphatic carbocycles. The summed E-state index contributed by atoms with van der Waals surface area (Å²) in [6, 6.07) is -4.37. The van der Waals surface area contributed by atoms with Crippen LogP contribution in [0.2, 0.25) is 0 Å². The number of amides is 4. The summed E-state index contributed by atoms with van der Waals surface area (Å²) in [5.41, 5.74) is 16.6. The molecule has 0 aromatic carbocycles. The second-order valence-corrected chi connectivity index (χ2v) is 8.70. The molecule has 0 aliphatic heterocycles. The average molecular weight is 487 g/mol. The maximum Gasteiger partial charge on any atom is 0.326 e. The van der Waals surface area contributed by atoms with Crippen molar-refractivity contribution in [3.8, 4) is 0 Å². The lowest BCUT2D eigenvalue weighted by molar-refractivity contribution is -0.144. The van der Waals surface area contributed by atoms with Crippen molar-refractivity contribution < 1.29 is 29.1 Å². The number of carboxylic acids is 1. The smallest absolute Gasteiger partial charge is 0.326 e. The van der Waals surface area contributed by atoms with Gasteiger partial charge in [-0.3, -0.25) is 19.2 Å². The molecule has 0 aromatic rings. The zero-order valence-corrected chi connectivity index (χ0v) is 20.6. The molecule has 6 unspecified atom stereocenters. The summed E-state index contributed by atoms with van der Waals surface area (Å²) in [7, 11) is 0. The summed E-state index contributed by atoms with van der Waals surface area (Å²) in [6.45, 7) is 7.77. The molecule has 0 spiro atoms. The molecule has 12 nitrogen and oxygen atoms in total. The van der Waals surface area contributed by atoms with Gasteiger partial charge in [0.1, 0.15) is 18.1 Å². The maximum absolute atomic E-state index is 13.1. The fourth-order valence-corrected chi connectivity index (χ4v) is 3.16. The van der Waals surface area contributed by atoms with E-state index in [2.05, 4.69) is 16.0 Å². The average Bonchev–Trinajstić information content (AvgIpc) is 2.79. The number of hydrogen-bond acceptors (Lipinski definition) is 7. The Kier molecular flexibility index (Phi) is 14.7. The second-order valence-electron chi connectivity index (χ2n) is 8.70. The number of carboxylic acid groups (broad SMARTS) is 1. The Labute approximate surface area is 201 Å². The quantitative estimate of drug-likeness (QED) is 0.125. The number of rotatable bonds is 17. The summed E-state index contributed by atoms with van der Waals surface area (Å²) in [4.78, 5) is 61.1. The summed E-state index contributed by atoms with van der Waals surface area (Å²) < 4.78 is 0. The van der Waals surface area contributed by atoms with Crippen molar-refractivity contribution in [1.29, 1.82) is 0 Å². The molecule has 12 heteroatoms. The van der Waals surface area contributed by atoms with E-state index >= 15 is 0 Å². The van der Waals surface area contributed by atoms with Gasteiger partial charge in [-0.1, -0.05) is 40.5 Å². The second kappa shape index (κ2) is 16.0. The van der Waals surface area contributed by atoms with Crippen molar-refractivity contribution in [3.05, 3.63) is 0 Å². The first-order chi connectivity index (χ1) is 15.9. The van der Waals surface area contributed by atoms with Crippen LogP contribution < -0.4 is 33.2 Å². The molecule has 0 fully saturated rings. The Balaban J connectivity index is 5.62. The number of carbonyl (C=O) groups excluding carboxylic acids is 4. The standard InChI is InChI=1S/C22H42N6O6/c1-5-12(3)17(25)20(31)28-18(13(4)6-2)21(32)26-14(9-7-8-10-23)19(30)27-15(22(33)34)11-16(24)29/h12-15,17-18H,5-11,23,25H2,1-4H3,(H2,24,29)(H,26,32)(H,27,30)(H,28,31)(H,33,34). The summed E-state index contributed by atoms with van der Waals surface area (Å²) in [5.74, 6) is -4.50. The van der Waals surface area contributed by atoms with E-state index in [9.17, 15) is 29.1 Å². The third kappa shape index (κ3) is 10.9. The van der Waals surface area contributed by atoms with Gasteiger partial charge in [-0.15, -0.1) is 0 Å². The van der Waals surface area contributed by atoms with E-state index in [1.807, 2.05) is 20.8 Å². The van der Waals surface area contributed by atoms with Crippen LogP contribution in [0, 0.1) is 11.8 Å². The van der Waals surface area contributed by atoms with Crippen molar-refractivity contribution in [2.75, 3.05) is 6.54 Å². The molecule has 0 rings (SSSR count). The van der Waals surface area contributed by atoms with Crippen molar-refractivity contribution >= 4 is 29.6 Å². The number of unbranched alkanes of at least 4 members (excludes halogenated alkanes) is 1. The lowest BCUT2D eigenvalue weighted by atomic mass is 9.95. The van der Waals surface area contributed by atoms with Crippen molar-refractivity contribution in [2.45, 2.75) is 90.4 Å². The van der Waals surface area contributed by atoms with E-state index in [0.717, 1.165) is 0 Å². The third-order valence-corrected chi connectivity index (χ3v) is 5.95. The van der Waals surface area contributed by atoms with Crippen LogP contribution in [0.25, 0.3) is 0 Å². The highest BCUT2D eigenvalue weighted by atomic mass is 16.4. The normalized spacial score (nSPS) is 16.3. The van der Waals surface area contributed by atoms with Crippen LogP contribution in [-0.4, -0.2) is 65.4 Å². The third-order valence-electron chi connectivity index (χ3n) is 5.95. The minimum Gasteiger partial charge on any atom is -0.480 e. The van der Waals surface area contributed by atoms with E-state index < -0.39 is 60.2 Å². The molecule has 10 N–H and O–H groups in total. The van der Waals surface area contributed by atoms with Crippen LogP contribution in [0.1, 0.15) is 66.2 Å². The van der Waals surface area contributed by atoms with Crippen molar-refractivity contribution in [2.24, 2.45) is 29.0 Å². The highest BCUT2D eigenvalue weighted by molar-refractivity contribution is 5.95. The van der Waals surface area contributed by atoms with E-state index in [1.165, 1.54) is 0 Å². The van der Waals surface area contributed by atoms with Crippen LogP contribution in [-0.2, 0) is 24.0 Å². The number of hydrogen-bond donors (Lipinski definition) is 7. The Morgan fingerprint density at radius 3 is 1.85 bits per heavy atom. The minimum atomic E-state index is -1.53. The zero-order chi connectivity index (χ0) is 26.4. The first kappa shape index (κ1) is 31.3. The first-order valence-electron chi connectivity index (χ1n) is 11.8. The summed E-state index contributed by atoms with van der Waals surface area (Å²) in [6.07, 6.45) is 1.92. The van der Waals surface area contributed by atoms with Crippen molar-refractivity contribution in [1.82, 2.24) is 16.0 Å². The Morgan fingerprint density at radius 2 is 1.38 bits per heavy atom. The molecular formula is C22H42N6O6. The SMILES string of the molecule is CCC(C)C(N)C(=O)NC(C(=O)NC(CCCCN)C(=O)NC(CC(N)=O)C(=O)O)C(C)CC. The molecule has 0 radical (unpaired) electrons. The molecule has 0 aliphatic rings. The van der Waals surface area contributed by atoms with Gasteiger partial charge in [-0.05, 0) is 37.6 Å². The molecule has 0 saturated carbocycles. The molecule has 196 valence electrons. The fourth-order valence-electron chi connectivity index (χ4n) is 3.16. The van der Waals surface area contributed by atoms with Crippen LogP contribution in [0.4, 0.5) is 0 Å². The number of primary amides is 1. The van der Waals surface area contributed by atoms with Gasteiger partial charge < -0.3 is 38.3 Å². The lowest BCUT2D eigenvalue weighted by Gasteiger charge is -2.28. The predicted molar refractivity (Wildman–Crippen MR) is 127 cm³/mol. The molecule has 0 saturated heterocycles. The monoisotopic (exact) mass is 486 g/mol. The number of carbonyl (C=O) groups is 5. The van der Waals surface area contributed by atoms with E-state index in [0.29, 0.717) is 32.2 Å². The molecule has 0 heterocycles. The molecule has 0 aromatic heterocycles. The Hall–Kier alpha value is -2.73. The summed E-state index contributed by atoms with van der Waals surface area (Å²) >= 11 is 0. The van der Waals surface area contributed by atoms with Gasteiger partial charge in [0, 0.05) is 0 Å². The summed E-state index contributed by atoms with van der Waals surface area (Å²) in [5, 5.41) is 16.8. The number of nitrogens with one attached hydrogen (secondary N) is 3. The number of aliphatic carboxylic acids is 1. The highest BCUT2D eigenvalue weighted by Gasteiger charge is 2.33. The first-order valence-corrected chi connectivity index (χ1v) is 11.8. The molecule has 0 bridgehead atoms. The van der Waals surface area contributed by atoms with Crippen LogP contribution >= 0.6 is 0 Å². The molecular weight excluding hydrogens is 444 g/mol. The maximum atomic E-state index is 13.1. The predicted octanol–water partition coefficient (Wildman–Crippen LogP) is -1.05. The van der Waals surface area contributed by atoms with Gasteiger partial charge in [0.2, 0.25) is 23.6 Å². The molecule has 6 atom stereocenters. The number of nitrogens with two attached hydrogens (primary N) is 3. The Morgan fingerprint density at radius 1 is 0.824 bits per heavy atom. The van der Waals surface area contributed by atoms with Crippen LogP contribution in [0.5, 0.6) is 0 Å². The van der Waals surface area contributed by atoms with Crippen molar-refractivity contribution in [3.63, 3.8) is 0 Å². The molecule has 34 heavy (non-hydrogen) atoms. The highest BCUT2D eigenvalue weighted by Crippen LogP contribution is 2.12. The van der Waals surface area contributed by atoms with E-state index in [4.69, 9.17) is 17.2 Å². The van der Waals surface area contributed by atoms with E-state index in [-0.39, 0.29) is 18.3 Å². The largest absolute Gasteiger partial charge is 0.480 e. The van der Waals surface area contributed by atoms with Gasteiger partial charge >= 0.3 is 5.97 Å². The van der Waals surface area contributed by atoms with Crippen LogP contribution in [0.3, 0.4) is 0 Å². The van der Waals surface area contributed by atoms with Gasteiger partial charge in [-0.25, -0.2) is 4.79 Å². The zero-order valence-electron chi connectivity index (χ0n) is 20.6. The van der Waals surface area contributed by atoms with Crippen LogP contribution in [0.15, 0.2) is 0 Å². The van der Waals surface area contributed by atoms with Gasteiger partial charge in [0.25, 0.3) is 0 Å². The van der Waals surface area contributed by atoms with Gasteiger partial charge in [0.05, 0.1) is 12.5 Å². The topological polar surface area (TPSA) is 220 Å².